The predicted octanol–water partition coefficient (Wildman–Crippen LogP) is 4.07. The third-order valence-electron chi connectivity index (χ3n) is 3.29. The van der Waals surface area contributed by atoms with Crippen LogP contribution in [0.25, 0.3) is 10.9 Å². The minimum absolute atomic E-state index is 0.177. The van der Waals surface area contributed by atoms with E-state index in [1.54, 1.807) is 6.20 Å². The number of hydrogen-bond donors (Lipinski definition) is 1. The molecular weight excluding hydrogens is 306 g/mol. The van der Waals surface area contributed by atoms with Gasteiger partial charge in [-0.2, -0.15) is 0 Å². The SMILES string of the molecule is O=[N+]([O-])OCCCCCCNc1ccnc2cc(Cl)ccc12. The van der Waals surface area contributed by atoms with Crippen molar-refractivity contribution in [2.24, 2.45) is 0 Å². The van der Waals surface area contributed by atoms with Gasteiger partial charge in [-0.3, -0.25) is 4.98 Å². The molecule has 118 valence electrons. The van der Waals surface area contributed by atoms with E-state index in [0.717, 1.165) is 42.4 Å². The van der Waals surface area contributed by atoms with Crippen molar-refractivity contribution in [1.29, 1.82) is 0 Å². The summed E-state index contributed by atoms with van der Waals surface area (Å²) < 4.78 is 0. The summed E-state index contributed by atoms with van der Waals surface area (Å²) >= 11 is 5.97. The van der Waals surface area contributed by atoms with Crippen LogP contribution in [0, 0.1) is 10.1 Å². The van der Waals surface area contributed by atoms with Gasteiger partial charge in [-0.05, 0) is 37.1 Å². The summed E-state index contributed by atoms with van der Waals surface area (Å²) in [5, 5.41) is 14.3. The van der Waals surface area contributed by atoms with Crippen LogP contribution in [0.15, 0.2) is 30.5 Å². The van der Waals surface area contributed by atoms with E-state index in [9.17, 15) is 10.1 Å². The summed E-state index contributed by atoms with van der Waals surface area (Å²) in [6.45, 7) is 1.02. The van der Waals surface area contributed by atoms with Gasteiger partial charge in [-0.1, -0.05) is 24.4 Å². The Balaban J connectivity index is 1.72. The molecule has 2 rings (SSSR count). The fourth-order valence-electron chi connectivity index (χ4n) is 2.22. The first kappa shape index (κ1) is 16.3. The van der Waals surface area contributed by atoms with Crippen molar-refractivity contribution in [2.45, 2.75) is 25.7 Å². The summed E-state index contributed by atoms with van der Waals surface area (Å²) in [4.78, 5) is 18.5. The van der Waals surface area contributed by atoms with Crippen molar-refractivity contribution < 1.29 is 9.92 Å². The van der Waals surface area contributed by atoms with Gasteiger partial charge in [0.05, 0.1) is 12.1 Å². The van der Waals surface area contributed by atoms with Crippen LogP contribution in [-0.4, -0.2) is 23.2 Å². The van der Waals surface area contributed by atoms with E-state index in [4.69, 9.17) is 11.6 Å². The van der Waals surface area contributed by atoms with Crippen LogP contribution >= 0.6 is 11.6 Å². The van der Waals surface area contributed by atoms with Crippen LogP contribution in [0.2, 0.25) is 5.02 Å². The maximum Gasteiger partial charge on any atom is 0.294 e. The van der Waals surface area contributed by atoms with Crippen molar-refractivity contribution in [2.75, 3.05) is 18.5 Å². The van der Waals surface area contributed by atoms with Gasteiger partial charge in [0.15, 0.2) is 0 Å². The Labute approximate surface area is 133 Å². The van der Waals surface area contributed by atoms with Crippen LogP contribution in [0.5, 0.6) is 0 Å². The van der Waals surface area contributed by atoms with Crippen LogP contribution in [0.1, 0.15) is 25.7 Å². The van der Waals surface area contributed by atoms with Gasteiger partial charge in [-0.25, -0.2) is 0 Å². The van der Waals surface area contributed by atoms with Gasteiger partial charge >= 0.3 is 0 Å². The molecule has 0 aliphatic carbocycles. The second-order valence-electron chi connectivity index (χ2n) is 4.92. The van der Waals surface area contributed by atoms with Gasteiger partial charge in [-0.15, -0.1) is 10.1 Å². The van der Waals surface area contributed by atoms with Crippen LogP contribution < -0.4 is 5.32 Å². The molecule has 1 N–H and O–H groups in total. The lowest BCUT2D eigenvalue weighted by atomic mass is 10.1. The minimum atomic E-state index is -0.748. The second kappa shape index (κ2) is 8.38. The minimum Gasteiger partial charge on any atom is -0.384 e. The van der Waals surface area contributed by atoms with E-state index in [1.165, 1.54) is 0 Å². The van der Waals surface area contributed by atoms with Crippen molar-refractivity contribution in [3.8, 4) is 0 Å². The zero-order valence-electron chi connectivity index (χ0n) is 12.1. The van der Waals surface area contributed by atoms with Crippen LogP contribution in [-0.2, 0) is 4.84 Å². The van der Waals surface area contributed by atoms with Gasteiger partial charge in [0.25, 0.3) is 5.09 Å². The summed E-state index contributed by atoms with van der Waals surface area (Å²) in [5.41, 5.74) is 1.91. The monoisotopic (exact) mass is 323 g/mol. The Morgan fingerprint density at radius 2 is 2.05 bits per heavy atom. The third kappa shape index (κ3) is 5.04. The topological polar surface area (TPSA) is 77.3 Å². The highest BCUT2D eigenvalue weighted by atomic mass is 35.5. The normalized spacial score (nSPS) is 10.6. The number of anilines is 1. The number of nitrogens with one attached hydrogen (secondary N) is 1. The molecule has 1 aromatic heterocycles. The Morgan fingerprint density at radius 1 is 1.23 bits per heavy atom. The molecule has 0 saturated carbocycles. The molecule has 0 fully saturated rings. The molecule has 1 aromatic carbocycles. The zero-order chi connectivity index (χ0) is 15.8. The first-order valence-electron chi connectivity index (χ1n) is 7.22. The van der Waals surface area contributed by atoms with Crippen molar-refractivity contribution in [3.63, 3.8) is 0 Å². The predicted molar refractivity (Wildman–Crippen MR) is 86.7 cm³/mol. The first-order valence-corrected chi connectivity index (χ1v) is 7.60. The molecule has 0 spiro atoms. The molecule has 22 heavy (non-hydrogen) atoms. The van der Waals surface area contributed by atoms with Crippen molar-refractivity contribution in [1.82, 2.24) is 4.98 Å². The number of nitrogens with zero attached hydrogens (tertiary/aromatic N) is 2. The standard InChI is InChI=1S/C15H18ClN3O3/c16-12-5-6-13-14(7-9-18-15(13)11-12)17-8-3-1-2-4-10-22-19(20)21/h5-7,9,11H,1-4,8,10H2,(H,17,18). The molecule has 0 aliphatic rings. The van der Waals surface area contributed by atoms with Gasteiger partial charge in [0.1, 0.15) is 0 Å². The average Bonchev–Trinajstić information content (AvgIpc) is 2.49. The molecule has 7 heteroatoms. The van der Waals surface area contributed by atoms with E-state index in [2.05, 4.69) is 15.1 Å². The third-order valence-corrected chi connectivity index (χ3v) is 3.52. The van der Waals surface area contributed by atoms with Crippen LogP contribution in [0.3, 0.4) is 0 Å². The Bertz CT molecular complexity index is 636. The molecule has 0 saturated heterocycles. The Morgan fingerprint density at radius 3 is 2.86 bits per heavy atom. The average molecular weight is 324 g/mol. The molecule has 0 amide bonds. The Kier molecular flexibility index (Phi) is 6.21. The number of pyridine rings is 1. The summed E-state index contributed by atoms with van der Waals surface area (Å²) in [6.07, 6.45) is 5.38. The number of unbranched alkanes of at least 4 members (excludes halogenated alkanes) is 3. The molecule has 0 bridgehead atoms. The smallest absolute Gasteiger partial charge is 0.294 e. The number of fused-ring (bicyclic) bond motifs is 1. The maximum atomic E-state index is 9.98. The second-order valence-corrected chi connectivity index (χ2v) is 5.35. The molecule has 0 aliphatic heterocycles. The fraction of sp³-hybridized carbons (Fsp3) is 0.400. The van der Waals surface area contributed by atoms with Gasteiger partial charge in [0, 0.05) is 28.8 Å². The quantitative estimate of drug-likeness (QED) is 0.427. The summed E-state index contributed by atoms with van der Waals surface area (Å²) in [7, 11) is 0. The first-order chi connectivity index (χ1) is 10.7. The highest BCUT2D eigenvalue weighted by Crippen LogP contribution is 2.24. The number of benzene rings is 1. The lowest BCUT2D eigenvalue weighted by Crippen LogP contribution is -2.04. The summed E-state index contributed by atoms with van der Waals surface area (Å²) in [6, 6.07) is 7.60. The number of rotatable bonds is 9. The van der Waals surface area contributed by atoms with Gasteiger partial charge in [0.2, 0.25) is 0 Å². The molecule has 0 radical (unpaired) electrons. The lowest BCUT2D eigenvalue weighted by Gasteiger charge is -2.09. The largest absolute Gasteiger partial charge is 0.384 e. The fourth-order valence-corrected chi connectivity index (χ4v) is 2.38. The van der Waals surface area contributed by atoms with E-state index in [0.29, 0.717) is 11.4 Å². The maximum absolute atomic E-state index is 9.98. The zero-order valence-corrected chi connectivity index (χ0v) is 12.9. The van der Waals surface area contributed by atoms with E-state index < -0.39 is 5.09 Å². The molecule has 0 atom stereocenters. The van der Waals surface area contributed by atoms with Gasteiger partial charge < -0.3 is 10.2 Å². The summed E-state index contributed by atoms with van der Waals surface area (Å²) in [5.74, 6) is 0. The van der Waals surface area contributed by atoms with Crippen molar-refractivity contribution >= 4 is 28.2 Å². The Hall–Kier alpha value is -2.08. The number of halogens is 1. The molecular formula is C15H18ClN3O3. The van der Waals surface area contributed by atoms with E-state index in [-0.39, 0.29) is 6.61 Å². The van der Waals surface area contributed by atoms with E-state index in [1.807, 2.05) is 24.3 Å². The number of hydrogen-bond acceptors (Lipinski definition) is 5. The molecule has 2 aromatic rings. The molecule has 6 nitrogen and oxygen atoms in total. The van der Waals surface area contributed by atoms with E-state index >= 15 is 0 Å². The highest BCUT2D eigenvalue weighted by molar-refractivity contribution is 6.31. The highest BCUT2D eigenvalue weighted by Gasteiger charge is 2.02. The van der Waals surface area contributed by atoms with Crippen LogP contribution in [0.4, 0.5) is 5.69 Å². The van der Waals surface area contributed by atoms with Crippen molar-refractivity contribution in [3.05, 3.63) is 45.6 Å². The lowest BCUT2D eigenvalue weighted by molar-refractivity contribution is -0.757. The molecule has 1 heterocycles. The number of aromatic nitrogens is 1. The molecule has 0 unspecified atom stereocenters.